The number of nitrogens with one attached hydrogen (secondary N) is 1. The van der Waals surface area contributed by atoms with Crippen molar-refractivity contribution in [3.8, 4) is 0 Å². The van der Waals surface area contributed by atoms with Crippen LogP contribution in [0.5, 0.6) is 0 Å². The lowest BCUT2D eigenvalue weighted by molar-refractivity contribution is 0.525. The van der Waals surface area contributed by atoms with Gasteiger partial charge in [0.05, 0.1) is 4.90 Å². The second-order valence-electron chi connectivity index (χ2n) is 4.97. The van der Waals surface area contributed by atoms with Crippen LogP contribution >= 0.6 is 0 Å². The molecule has 1 unspecified atom stereocenters. The number of unbranched alkanes of at least 4 members (excludes halogenated alkanes) is 2. The van der Waals surface area contributed by atoms with Crippen LogP contribution in [0.3, 0.4) is 0 Å². The largest absolute Gasteiger partial charge is 0.326 e. The predicted octanol–water partition coefficient (Wildman–Crippen LogP) is 2.53. The molecule has 0 spiro atoms. The topological polar surface area (TPSA) is 72.2 Å². The maximum Gasteiger partial charge on any atom is 0.241 e. The van der Waals surface area contributed by atoms with Gasteiger partial charge in [0.2, 0.25) is 10.0 Å². The first-order valence-electron chi connectivity index (χ1n) is 6.91. The molecule has 0 bridgehead atoms. The highest BCUT2D eigenvalue weighted by atomic mass is 32.2. The van der Waals surface area contributed by atoms with Crippen LogP contribution in [-0.2, 0) is 16.6 Å². The number of hydrogen-bond acceptors (Lipinski definition) is 3. The van der Waals surface area contributed by atoms with E-state index < -0.39 is 15.8 Å². The molecule has 1 aromatic carbocycles. The second kappa shape index (κ2) is 7.71. The summed E-state index contributed by atoms with van der Waals surface area (Å²) in [5, 5.41) is 0. The molecular formula is C14H23FN2O2S. The Morgan fingerprint density at radius 2 is 2.05 bits per heavy atom. The summed E-state index contributed by atoms with van der Waals surface area (Å²) in [6, 6.07) is 3.46. The van der Waals surface area contributed by atoms with Gasteiger partial charge in [-0.2, -0.15) is 0 Å². The van der Waals surface area contributed by atoms with Crippen LogP contribution in [0, 0.1) is 5.82 Å². The Labute approximate surface area is 120 Å². The second-order valence-corrected chi connectivity index (χ2v) is 6.66. The minimum atomic E-state index is -3.73. The van der Waals surface area contributed by atoms with Gasteiger partial charge in [0, 0.05) is 12.6 Å². The summed E-state index contributed by atoms with van der Waals surface area (Å²) in [5.74, 6) is -0.582. The molecule has 0 amide bonds. The lowest BCUT2D eigenvalue weighted by Gasteiger charge is -2.16. The summed E-state index contributed by atoms with van der Waals surface area (Å²) in [5.41, 5.74) is 5.93. The number of halogens is 1. The number of benzene rings is 1. The molecule has 1 rings (SSSR count). The van der Waals surface area contributed by atoms with E-state index in [1.165, 1.54) is 12.1 Å². The monoisotopic (exact) mass is 302 g/mol. The maximum absolute atomic E-state index is 13.3. The molecule has 1 aromatic rings. The summed E-state index contributed by atoms with van der Waals surface area (Å²) < 4.78 is 40.4. The van der Waals surface area contributed by atoms with E-state index in [0.717, 1.165) is 31.7 Å². The quantitative estimate of drug-likeness (QED) is 0.725. The third-order valence-corrected chi connectivity index (χ3v) is 4.81. The molecule has 114 valence electrons. The fraction of sp³-hybridized carbons (Fsp3) is 0.571. The Morgan fingerprint density at radius 1 is 1.35 bits per heavy atom. The highest BCUT2D eigenvalue weighted by Gasteiger charge is 2.20. The first kappa shape index (κ1) is 17.1. The molecule has 4 nitrogen and oxygen atoms in total. The van der Waals surface area contributed by atoms with E-state index in [1.807, 2.05) is 6.92 Å². The fourth-order valence-corrected chi connectivity index (χ4v) is 3.57. The molecule has 0 heterocycles. The average molecular weight is 302 g/mol. The van der Waals surface area contributed by atoms with Crippen molar-refractivity contribution in [1.82, 2.24) is 4.72 Å². The Morgan fingerprint density at radius 3 is 2.65 bits per heavy atom. The normalized spacial score (nSPS) is 13.4. The summed E-state index contributed by atoms with van der Waals surface area (Å²) in [7, 11) is -3.73. The van der Waals surface area contributed by atoms with Gasteiger partial charge in [0.1, 0.15) is 5.82 Å². The zero-order valence-electron chi connectivity index (χ0n) is 12.0. The maximum atomic E-state index is 13.3. The highest BCUT2D eigenvalue weighted by molar-refractivity contribution is 7.89. The molecule has 1 atom stereocenters. The van der Waals surface area contributed by atoms with Gasteiger partial charge in [-0.1, -0.05) is 32.3 Å². The molecule has 0 aliphatic rings. The predicted molar refractivity (Wildman–Crippen MR) is 78.2 cm³/mol. The minimum absolute atomic E-state index is 0.0563. The van der Waals surface area contributed by atoms with E-state index >= 15 is 0 Å². The molecule has 3 N–H and O–H groups in total. The zero-order valence-corrected chi connectivity index (χ0v) is 12.8. The number of rotatable bonds is 8. The van der Waals surface area contributed by atoms with Crippen LogP contribution in [0.25, 0.3) is 0 Å². The Balaban J connectivity index is 2.85. The van der Waals surface area contributed by atoms with Gasteiger partial charge in [-0.25, -0.2) is 17.5 Å². The average Bonchev–Trinajstić information content (AvgIpc) is 2.38. The van der Waals surface area contributed by atoms with Gasteiger partial charge < -0.3 is 5.73 Å². The first-order valence-corrected chi connectivity index (χ1v) is 8.39. The van der Waals surface area contributed by atoms with Gasteiger partial charge in [-0.15, -0.1) is 0 Å². The van der Waals surface area contributed by atoms with Crippen molar-refractivity contribution >= 4 is 10.0 Å². The lowest BCUT2D eigenvalue weighted by atomic mass is 10.1. The van der Waals surface area contributed by atoms with Crippen LogP contribution < -0.4 is 10.5 Å². The van der Waals surface area contributed by atoms with Crippen LogP contribution in [0.4, 0.5) is 4.39 Å². The minimum Gasteiger partial charge on any atom is -0.326 e. The molecule has 0 radical (unpaired) electrons. The first-order chi connectivity index (χ1) is 9.40. The van der Waals surface area contributed by atoms with Crippen molar-refractivity contribution in [3.05, 3.63) is 29.6 Å². The van der Waals surface area contributed by atoms with Crippen molar-refractivity contribution in [1.29, 1.82) is 0 Å². The van der Waals surface area contributed by atoms with Gasteiger partial charge >= 0.3 is 0 Å². The van der Waals surface area contributed by atoms with E-state index in [9.17, 15) is 12.8 Å². The van der Waals surface area contributed by atoms with Crippen molar-refractivity contribution < 1.29 is 12.8 Å². The standard InChI is InChI=1S/C14H23FN2O2S/c1-3-4-5-6-11(2)17-20(18,19)14-9-13(15)8-7-12(14)10-16/h7-9,11,17H,3-6,10,16H2,1-2H3. The van der Waals surface area contributed by atoms with Crippen LogP contribution in [0.15, 0.2) is 23.1 Å². The van der Waals surface area contributed by atoms with E-state index in [1.54, 1.807) is 0 Å². The summed E-state index contributed by atoms with van der Waals surface area (Å²) in [4.78, 5) is -0.0673. The van der Waals surface area contributed by atoms with Gasteiger partial charge in [0.15, 0.2) is 0 Å². The molecule has 0 aromatic heterocycles. The van der Waals surface area contributed by atoms with Crippen LogP contribution in [-0.4, -0.2) is 14.5 Å². The lowest BCUT2D eigenvalue weighted by Crippen LogP contribution is -2.33. The smallest absolute Gasteiger partial charge is 0.241 e. The summed E-state index contributed by atoms with van der Waals surface area (Å²) in [6.07, 6.45) is 3.88. The van der Waals surface area contributed by atoms with Gasteiger partial charge in [-0.3, -0.25) is 0 Å². The third kappa shape index (κ3) is 4.85. The van der Waals surface area contributed by atoms with Crippen molar-refractivity contribution in [2.24, 2.45) is 5.73 Å². The van der Waals surface area contributed by atoms with Crippen LogP contribution in [0.2, 0.25) is 0 Å². The summed E-state index contributed by atoms with van der Waals surface area (Å²) >= 11 is 0. The van der Waals surface area contributed by atoms with E-state index in [-0.39, 0.29) is 17.5 Å². The fourth-order valence-electron chi connectivity index (χ4n) is 2.03. The Bertz CT molecular complexity index is 532. The van der Waals surface area contributed by atoms with Crippen molar-refractivity contribution in [2.45, 2.75) is 57.0 Å². The third-order valence-electron chi connectivity index (χ3n) is 3.14. The van der Waals surface area contributed by atoms with E-state index in [4.69, 9.17) is 5.73 Å². The summed E-state index contributed by atoms with van der Waals surface area (Å²) in [6.45, 7) is 3.96. The van der Waals surface area contributed by atoms with E-state index in [2.05, 4.69) is 11.6 Å². The molecule has 0 saturated carbocycles. The van der Waals surface area contributed by atoms with Gasteiger partial charge in [0.25, 0.3) is 0 Å². The number of nitrogens with two attached hydrogens (primary N) is 1. The van der Waals surface area contributed by atoms with Gasteiger partial charge in [-0.05, 0) is 31.0 Å². The molecule has 0 aliphatic heterocycles. The molecule has 20 heavy (non-hydrogen) atoms. The number of sulfonamides is 1. The van der Waals surface area contributed by atoms with Crippen molar-refractivity contribution in [3.63, 3.8) is 0 Å². The van der Waals surface area contributed by atoms with E-state index in [0.29, 0.717) is 5.56 Å². The Hall–Kier alpha value is -0.980. The molecule has 0 aliphatic carbocycles. The number of hydrogen-bond donors (Lipinski definition) is 2. The highest BCUT2D eigenvalue weighted by Crippen LogP contribution is 2.18. The molecule has 6 heteroatoms. The molecular weight excluding hydrogens is 279 g/mol. The SMILES string of the molecule is CCCCCC(C)NS(=O)(=O)c1cc(F)ccc1CN. The molecule has 0 fully saturated rings. The van der Waals surface area contributed by atoms with Crippen LogP contribution in [0.1, 0.15) is 45.1 Å². The Kier molecular flexibility index (Phi) is 6.58. The van der Waals surface area contributed by atoms with Crippen molar-refractivity contribution in [2.75, 3.05) is 0 Å². The molecule has 0 saturated heterocycles. The zero-order chi connectivity index (χ0) is 15.2.